The summed E-state index contributed by atoms with van der Waals surface area (Å²) in [5.41, 5.74) is 6.01. The third kappa shape index (κ3) is 6.63. The summed E-state index contributed by atoms with van der Waals surface area (Å²) in [5.74, 6) is -0.199. The fourth-order valence-electron chi connectivity index (χ4n) is 7.03. The molecular formula is C37H36ClN7O5S. The molecular weight excluding hydrogens is 690 g/mol. The minimum atomic E-state index is -0.685. The zero-order chi connectivity index (χ0) is 36.0. The molecule has 4 aromatic rings. The Hall–Kier alpha value is -5.01. The number of piperidine rings is 1. The topological polar surface area (TPSA) is 156 Å². The van der Waals surface area contributed by atoms with Crippen LogP contribution < -0.4 is 10.6 Å². The molecule has 12 nitrogen and oxygen atoms in total. The van der Waals surface area contributed by atoms with Gasteiger partial charge in [0.2, 0.25) is 17.7 Å². The van der Waals surface area contributed by atoms with Crippen LogP contribution in [0.15, 0.2) is 47.5 Å². The summed E-state index contributed by atoms with van der Waals surface area (Å²) in [5, 5.41) is 15.5. The first-order valence-electron chi connectivity index (χ1n) is 16.9. The summed E-state index contributed by atoms with van der Waals surface area (Å²) in [4.78, 5) is 71.3. The number of hydrogen-bond acceptors (Lipinski definition) is 9. The number of benzene rings is 2. The van der Waals surface area contributed by atoms with E-state index in [0.29, 0.717) is 41.5 Å². The molecule has 51 heavy (non-hydrogen) atoms. The molecule has 5 heterocycles. The van der Waals surface area contributed by atoms with E-state index in [1.807, 2.05) is 41.8 Å². The average molecular weight is 726 g/mol. The molecule has 0 saturated carbocycles. The summed E-state index contributed by atoms with van der Waals surface area (Å²) in [6, 6.07) is 11.6. The first-order chi connectivity index (χ1) is 24.5. The highest BCUT2D eigenvalue weighted by Crippen LogP contribution is 2.39. The van der Waals surface area contributed by atoms with E-state index in [-0.39, 0.29) is 55.9 Å². The van der Waals surface area contributed by atoms with Crippen molar-refractivity contribution < 1.29 is 24.0 Å². The molecule has 262 valence electrons. The number of aliphatic imine (C=N–C) groups is 1. The summed E-state index contributed by atoms with van der Waals surface area (Å²) in [6.07, 6.45) is 1.79. The standard InChI is InChI=1S/C37H36ClN7O5S/c1-19-20(2)51-37-32(19)33(23-10-12-24(38)13-11-23)40-28(34-43-42-21(3)45(34)37)16-31(48)39-17-25(46)8-4-6-22-7-5-9-26-27(22)18-44(36(26)50)29-14-15-30(47)41-35(29)49/h5,7,9-13,28-29H,4,6,8,14-18H2,1-3H3,(H,39,48)(H,41,47,49)/t28-,29?/m0/s1. The van der Waals surface area contributed by atoms with Crippen LogP contribution in [0, 0.1) is 20.8 Å². The molecule has 2 atom stereocenters. The summed E-state index contributed by atoms with van der Waals surface area (Å²) in [6.45, 7) is 6.17. The number of carbonyl (C=O) groups is 5. The number of amides is 4. The van der Waals surface area contributed by atoms with E-state index < -0.39 is 18.0 Å². The molecule has 1 unspecified atom stereocenters. The smallest absolute Gasteiger partial charge is 0.255 e. The number of nitrogens with one attached hydrogen (secondary N) is 2. The summed E-state index contributed by atoms with van der Waals surface area (Å²) < 4.78 is 1.98. The van der Waals surface area contributed by atoms with Crippen LogP contribution in [0.3, 0.4) is 0 Å². The fourth-order valence-corrected chi connectivity index (χ4v) is 8.37. The van der Waals surface area contributed by atoms with Gasteiger partial charge in [-0.1, -0.05) is 35.9 Å². The van der Waals surface area contributed by atoms with Crippen molar-refractivity contribution in [1.82, 2.24) is 30.3 Å². The van der Waals surface area contributed by atoms with Gasteiger partial charge < -0.3 is 10.2 Å². The minimum Gasteiger partial charge on any atom is -0.349 e. The zero-order valence-corrected chi connectivity index (χ0v) is 30.0. The number of Topliss-reactive ketones (excluding diaryl/α,β-unsaturated/α-hetero) is 1. The first kappa shape index (κ1) is 34.4. The Bertz CT molecular complexity index is 2140. The van der Waals surface area contributed by atoms with Gasteiger partial charge in [-0.15, -0.1) is 21.5 Å². The Balaban J connectivity index is 0.993. The minimum absolute atomic E-state index is 0.0245. The number of fused-ring (bicyclic) bond motifs is 4. The van der Waals surface area contributed by atoms with E-state index in [1.165, 1.54) is 4.90 Å². The predicted molar refractivity (Wildman–Crippen MR) is 191 cm³/mol. The molecule has 0 bridgehead atoms. The predicted octanol–water partition coefficient (Wildman–Crippen LogP) is 4.66. The van der Waals surface area contributed by atoms with Gasteiger partial charge in [0.25, 0.3) is 5.91 Å². The van der Waals surface area contributed by atoms with Crippen molar-refractivity contribution in [3.05, 3.63) is 97.4 Å². The van der Waals surface area contributed by atoms with Crippen molar-refractivity contribution in [2.45, 2.75) is 77.9 Å². The normalized spacial score (nSPS) is 18.1. The summed E-state index contributed by atoms with van der Waals surface area (Å²) in [7, 11) is 0. The highest BCUT2D eigenvalue weighted by atomic mass is 35.5. The van der Waals surface area contributed by atoms with Crippen molar-refractivity contribution in [2.75, 3.05) is 6.54 Å². The van der Waals surface area contributed by atoms with Gasteiger partial charge in [0.15, 0.2) is 11.6 Å². The molecule has 1 saturated heterocycles. The van der Waals surface area contributed by atoms with E-state index in [1.54, 1.807) is 23.5 Å². The number of carbonyl (C=O) groups excluding carboxylic acids is 5. The third-order valence-electron chi connectivity index (χ3n) is 9.80. The number of thiophene rings is 1. The second kappa shape index (κ2) is 14.0. The highest BCUT2D eigenvalue weighted by molar-refractivity contribution is 7.15. The third-order valence-corrected chi connectivity index (χ3v) is 11.2. The first-order valence-corrected chi connectivity index (χ1v) is 18.1. The molecule has 2 N–H and O–H groups in total. The van der Waals surface area contributed by atoms with Crippen LogP contribution in [-0.4, -0.2) is 67.4 Å². The van der Waals surface area contributed by atoms with Gasteiger partial charge in [0, 0.05) is 46.0 Å². The van der Waals surface area contributed by atoms with Gasteiger partial charge in [-0.2, -0.15) is 0 Å². The van der Waals surface area contributed by atoms with Gasteiger partial charge in [-0.25, -0.2) is 0 Å². The lowest BCUT2D eigenvalue weighted by atomic mass is 9.98. The molecule has 0 radical (unpaired) electrons. The quantitative estimate of drug-likeness (QED) is 0.225. The van der Waals surface area contributed by atoms with Gasteiger partial charge in [0.05, 0.1) is 18.7 Å². The maximum atomic E-state index is 13.3. The van der Waals surface area contributed by atoms with E-state index >= 15 is 0 Å². The van der Waals surface area contributed by atoms with Crippen LogP contribution in [-0.2, 0) is 32.1 Å². The monoisotopic (exact) mass is 725 g/mol. The number of imide groups is 1. The molecule has 2 aromatic heterocycles. The molecule has 3 aliphatic heterocycles. The van der Waals surface area contributed by atoms with Crippen LogP contribution in [0.1, 0.15) is 92.8 Å². The lowest BCUT2D eigenvalue weighted by Gasteiger charge is -2.29. The Morgan fingerprint density at radius 3 is 2.61 bits per heavy atom. The molecule has 2 aromatic carbocycles. The Labute approximate surface area is 303 Å². The van der Waals surface area contributed by atoms with Gasteiger partial charge in [-0.05, 0) is 74.9 Å². The van der Waals surface area contributed by atoms with Crippen LogP contribution >= 0.6 is 22.9 Å². The van der Waals surface area contributed by atoms with Crippen molar-refractivity contribution in [3.8, 4) is 5.00 Å². The molecule has 14 heteroatoms. The van der Waals surface area contributed by atoms with Crippen LogP contribution in [0.2, 0.25) is 5.02 Å². The van der Waals surface area contributed by atoms with Crippen molar-refractivity contribution in [3.63, 3.8) is 0 Å². The number of hydrogen-bond donors (Lipinski definition) is 2. The average Bonchev–Trinajstić information content (AvgIpc) is 3.71. The van der Waals surface area contributed by atoms with E-state index in [4.69, 9.17) is 16.6 Å². The van der Waals surface area contributed by atoms with Crippen molar-refractivity contribution in [1.29, 1.82) is 0 Å². The Morgan fingerprint density at radius 1 is 1.06 bits per heavy atom. The second-order valence-corrected chi connectivity index (χ2v) is 14.8. The zero-order valence-electron chi connectivity index (χ0n) is 28.4. The number of rotatable bonds is 10. The molecule has 0 aliphatic carbocycles. The van der Waals surface area contributed by atoms with E-state index in [0.717, 1.165) is 43.4 Å². The molecule has 7 rings (SSSR count). The lowest BCUT2D eigenvalue weighted by molar-refractivity contribution is -0.137. The van der Waals surface area contributed by atoms with Crippen molar-refractivity contribution >= 4 is 58.1 Å². The SMILES string of the molecule is Cc1sc2c(c1C)C(c1ccc(Cl)cc1)=N[C@@H](CC(=O)NCC(=O)CCCc1cccc3c1CN(C1CCC(=O)NC1=O)C3=O)c1nnc(C)n1-2. The molecule has 4 amide bonds. The van der Waals surface area contributed by atoms with E-state index in [9.17, 15) is 24.0 Å². The molecule has 3 aliphatic rings. The number of nitrogens with zero attached hydrogens (tertiary/aromatic N) is 5. The van der Waals surface area contributed by atoms with Crippen LogP contribution in [0.5, 0.6) is 0 Å². The fraction of sp³-hybridized carbons (Fsp3) is 0.351. The number of ketones is 1. The van der Waals surface area contributed by atoms with Gasteiger partial charge in [-0.3, -0.25) is 38.8 Å². The van der Waals surface area contributed by atoms with Gasteiger partial charge in [0.1, 0.15) is 22.9 Å². The number of halogens is 1. The summed E-state index contributed by atoms with van der Waals surface area (Å²) >= 11 is 7.84. The Morgan fingerprint density at radius 2 is 1.84 bits per heavy atom. The van der Waals surface area contributed by atoms with Crippen LogP contribution in [0.4, 0.5) is 0 Å². The largest absolute Gasteiger partial charge is 0.349 e. The molecule has 1 fully saturated rings. The Kier molecular flexibility index (Phi) is 9.42. The molecule has 0 spiro atoms. The highest BCUT2D eigenvalue weighted by Gasteiger charge is 2.40. The number of aromatic nitrogens is 3. The van der Waals surface area contributed by atoms with E-state index in [2.05, 4.69) is 34.7 Å². The maximum absolute atomic E-state index is 13.3. The van der Waals surface area contributed by atoms with Crippen LogP contribution in [0.25, 0.3) is 5.00 Å². The second-order valence-electron chi connectivity index (χ2n) is 13.1. The number of aryl methyl sites for hydroxylation is 3. The van der Waals surface area contributed by atoms with Gasteiger partial charge >= 0.3 is 0 Å². The maximum Gasteiger partial charge on any atom is 0.255 e. The van der Waals surface area contributed by atoms with Crippen molar-refractivity contribution in [2.24, 2.45) is 4.99 Å². The lowest BCUT2D eigenvalue weighted by Crippen LogP contribution is -2.52.